The lowest BCUT2D eigenvalue weighted by Gasteiger charge is -2.14. The number of amides is 1. The summed E-state index contributed by atoms with van der Waals surface area (Å²) in [6.45, 7) is 2.08. The Morgan fingerprint density at radius 1 is 1.47 bits per heavy atom. The number of benzene rings is 1. The molecular weight excluding hydrogens is 288 g/mol. The van der Waals surface area contributed by atoms with Crippen molar-refractivity contribution in [3.63, 3.8) is 0 Å². The number of nitrogens with one attached hydrogen (secondary N) is 1. The van der Waals surface area contributed by atoms with Gasteiger partial charge in [-0.2, -0.15) is 0 Å². The number of anilines is 1. The summed E-state index contributed by atoms with van der Waals surface area (Å²) in [6, 6.07) is 4.18. The lowest BCUT2D eigenvalue weighted by atomic mass is 10.1. The van der Waals surface area contributed by atoms with Crippen LogP contribution in [0.2, 0.25) is 5.02 Å². The van der Waals surface area contributed by atoms with Crippen LogP contribution in [0.4, 0.5) is 5.69 Å². The molecule has 0 aromatic heterocycles. The molecule has 1 atom stereocenters. The van der Waals surface area contributed by atoms with E-state index in [9.17, 15) is 13.2 Å². The minimum absolute atomic E-state index is 0.105. The predicted molar refractivity (Wildman–Crippen MR) is 76.0 cm³/mol. The molecule has 106 valence electrons. The van der Waals surface area contributed by atoms with Gasteiger partial charge in [-0.05, 0) is 24.6 Å². The third-order valence-corrected chi connectivity index (χ3v) is 4.21. The highest BCUT2D eigenvalue weighted by Gasteiger charge is 2.17. The molecule has 1 unspecified atom stereocenters. The first-order valence-corrected chi connectivity index (χ1v) is 8.07. The van der Waals surface area contributed by atoms with Gasteiger partial charge in [0.25, 0.3) is 0 Å². The van der Waals surface area contributed by atoms with Gasteiger partial charge in [-0.25, -0.2) is 8.42 Å². The first-order valence-electron chi connectivity index (χ1n) is 5.80. The fourth-order valence-corrected chi connectivity index (χ4v) is 2.34. The summed E-state index contributed by atoms with van der Waals surface area (Å²) >= 11 is 5.94. The van der Waals surface area contributed by atoms with E-state index >= 15 is 0 Å². The molecule has 0 spiro atoms. The summed E-state index contributed by atoms with van der Waals surface area (Å²) in [7, 11) is -3.34. The molecule has 1 aromatic carbocycles. The van der Waals surface area contributed by atoms with Gasteiger partial charge in [0.05, 0.1) is 21.5 Å². The van der Waals surface area contributed by atoms with Gasteiger partial charge in [0.2, 0.25) is 5.91 Å². The van der Waals surface area contributed by atoms with E-state index in [1.807, 2.05) is 6.92 Å². The molecule has 0 bridgehead atoms. The number of carbonyl (C=O) groups excluding carboxylic acids is 1. The molecule has 1 aromatic rings. The molecular formula is C12H17ClN2O3S. The number of halogens is 1. The second-order valence-corrected chi connectivity index (χ2v) is 6.67. The zero-order chi connectivity index (χ0) is 14.6. The van der Waals surface area contributed by atoms with Crippen LogP contribution in [-0.2, 0) is 14.6 Å². The highest BCUT2D eigenvalue weighted by molar-refractivity contribution is 7.90. The number of sulfone groups is 1. The topological polar surface area (TPSA) is 89.3 Å². The second kappa shape index (κ2) is 6.36. The van der Waals surface area contributed by atoms with Crippen LogP contribution in [0.5, 0.6) is 0 Å². The average Bonchev–Trinajstić information content (AvgIpc) is 2.32. The van der Waals surface area contributed by atoms with Crippen LogP contribution >= 0.6 is 11.6 Å². The molecule has 0 aliphatic rings. The fourth-order valence-electron chi connectivity index (χ4n) is 1.52. The monoisotopic (exact) mass is 304 g/mol. The molecule has 0 heterocycles. The number of nitrogens with two attached hydrogens (primary N) is 1. The second-order valence-electron chi connectivity index (χ2n) is 4.24. The predicted octanol–water partition coefficient (Wildman–Crippen LogP) is 1.67. The molecule has 3 N–H and O–H groups in total. The minimum Gasteiger partial charge on any atom is -0.330 e. The summed E-state index contributed by atoms with van der Waals surface area (Å²) < 4.78 is 22.9. The van der Waals surface area contributed by atoms with Crippen molar-refractivity contribution in [3.05, 3.63) is 23.2 Å². The van der Waals surface area contributed by atoms with Gasteiger partial charge >= 0.3 is 0 Å². The first kappa shape index (κ1) is 15.9. The van der Waals surface area contributed by atoms with Gasteiger partial charge in [-0.3, -0.25) is 4.79 Å². The van der Waals surface area contributed by atoms with E-state index < -0.39 is 9.84 Å². The summed E-state index contributed by atoms with van der Waals surface area (Å²) in [6.07, 6.45) is 1.70. The summed E-state index contributed by atoms with van der Waals surface area (Å²) in [4.78, 5) is 12.0. The maximum Gasteiger partial charge on any atom is 0.228 e. The van der Waals surface area contributed by atoms with Crippen molar-refractivity contribution in [3.8, 4) is 0 Å². The fraction of sp³-hybridized carbons (Fsp3) is 0.417. The van der Waals surface area contributed by atoms with E-state index in [2.05, 4.69) is 5.32 Å². The minimum atomic E-state index is -3.34. The molecule has 0 fully saturated rings. The molecule has 19 heavy (non-hydrogen) atoms. The Kier molecular flexibility index (Phi) is 5.34. The van der Waals surface area contributed by atoms with Gasteiger partial charge in [0, 0.05) is 12.8 Å². The summed E-state index contributed by atoms with van der Waals surface area (Å²) in [5, 5.41) is 2.89. The Bertz CT molecular complexity index is 568. The van der Waals surface area contributed by atoms with E-state index in [0.29, 0.717) is 6.42 Å². The van der Waals surface area contributed by atoms with Crippen LogP contribution < -0.4 is 11.1 Å². The lowest BCUT2D eigenvalue weighted by Crippen LogP contribution is -2.28. The number of hydrogen-bond acceptors (Lipinski definition) is 4. The van der Waals surface area contributed by atoms with Gasteiger partial charge in [0.1, 0.15) is 0 Å². The largest absolute Gasteiger partial charge is 0.330 e. The maximum absolute atomic E-state index is 11.9. The SMILES string of the molecule is CCC(CN)C(=O)Nc1cc(S(C)(=O)=O)ccc1Cl. The molecule has 0 saturated heterocycles. The quantitative estimate of drug-likeness (QED) is 0.866. The van der Waals surface area contributed by atoms with Crippen molar-refractivity contribution in [2.45, 2.75) is 18.2 Å². The average molecular weight is 305 g/mol. The molecule has 1 rings (SSSR count). The van der Waals surface area contributed by atoms with Gasteiger partial charge in [0.15, 0.2) is 9.84 Å². The van der Waals surface area contributed by atoms with Crippen molar-refractivity contribution in [1.82, 2.24) is 0 Å². The zero-order valence-electron chi connectivity index (χ0n) is 10.8. The van der Waals surface area contributed by atoms with E-state index in [-0.39, 0.29) is 34.0 Å². The molecule has 0 aliphatic carbocycles. The number of rotatable bonds is 5. The first-order chi connectivity index (χ1) is 8.79. The summed E-state index contributed by atoms with van der Waals surface area (Å²) in [5.74, 6) is -0.587. The van der Waals surface area contributed by atoms with E-state index in [0.717, 1.165) is 6.26 Å². The molecule has 0 saturated carbocycles. The van der Waals surface area contributed by atoms with Gasteiger partial charge < -0.3 is 11.1 Å². The van der Waals surface area contributed by atoms with E-state index in [1.54, 1.807) is 0 Å². The van der Waals surface area contributed by atoms with Crippen molar-refractivity contribution >= 4 is 33.0 Å². The molecule has 0 radical (unpaired) electrons. The number of carbonyl (C=O) groups is 1. The smallest absolute Gasteiger partial charge is 0.228 e. The molecule has 0 aliphatic heterocycles. The molecule has 1 amide bonds. The third-order valence-electron chi connectivity index (χ3n) is 2.77. The van der Waals surface area contributed by atoms with Crippen molar-refractivity contribution in [2.75, 3.05) is 18.1 Å². The Morgan fingerprint density at radius 2 is 2.11 bits per heavy atom. The summed E-state index contributed by atoms with van der Waals surface area (Å²) in [5.41, 5.74) is 5.76. The maximum atomic E-state index is 11.9. The molecule has 7 heteroatoms. The van der Waals surface area contributed by atoms with Crippen LogP contribution in [-0.4, -0.2) is 27.1 Å². The van der Waals surface area contributed by atoms with Gasteiger partial charge in [-0.15, -0.1) is 0 Å². The van der Waals surface area contributed by atoms with Crippen molar-refractivity contribution in [1.29, 1.82) is 0 Å². The standard InChI is InChI=1S/C12H17ClN2O3S/c1-3-8(7-14)12(16)15-11-6-9(19(2,17)18)4-5-10(11)13/h4-6,8H,3,7,14H2,1-2H3,(H,15,16). The van der Waals surface area contributed by atoms with Crippen LogP contribution in [0.1, 0.15) is 13.3 Å². The van der Waals surface area contributed by atoms with E-state index in [1.165, 1.54) is 18.2 Å². The van der Waals surface area contributed by atoms with Crippen LogP contribution in [0.15, 0.2) is 23.1 Å². The van der Waals surface area contributed by atoms with E-state index in [4.69, 9.17) is 17.3 Å². The Hall–Kier alpha value is -1.11. The lowest BCUT2D eigenvalue weighted by molar-refractivity contribution is -0.119. The Balaban J connectivity index is 3.04. The Labute approximate surface area is 118 Å². The highest BCUT2D eigenvalue weighted by Crippen LogP contribution is 2.25. The van der Waals surface area contributed by atoms with Crippen LogP contribution in [0.3, 0.4) is 0 Å². The van der Waals surface area contributed by atoms with Crippen molar-refractivity contribution < 1.29 is 13.2 Å². The zero-order valence-corrected chi connectivity index (χ0v) is 12.4. The van der Waals surface area contributed by atoms with Crippen LogP contribution in [0, 0.1) is 5.92 Å². The van der Waals surface area contributed by atoms with Crippen LogP contribution in [0.25, 0.3) is 0 Å². The highest BCUT2D eigenvalue weighted by atomic mass is 35.5. The molecule has 5 nitrogen and oxygen atoms in total. The third kappa shape index (κ3) is 4.19. The normalized spacial score (nSPS) is 13.1. The number of hydrogen-bond donors (Lipinski definition) is 2. The Morgan fingerprint density at radius 3 is 2.58 bits per heavy atom. The van der Waals surface area contributed by atoms with Crippen molar-refractivity contribution in [2.24, 2.45) is 11.7 Å². The van der Waals surface area contributed by atoms with Gasteiger partial charge in [-0.1, -0.05) is 18.5 Å².